The SMILES string of the molecule is C=C(C)[C@@H]1[C@@H](O)C2OC(=O)C34OC5OC(=O)CC51C23[C@@H](O)C1OC(=O)[C@@H](C)[C@@]14O. The summed E-state index contributed by atoms with van der Waals surface area (Å²) in [5.74, 6) is -4.47. The van der Waals surface area contributed by atoms with Crippen LogP contribution in [0.3, 0.4) is 0 Å². The van der Waals surface area contributed by atoms with E-state index in [1.54, 1.807) is 6.92 Å². The Hall–Kier alpha value is -2.01. The van der Waals surface area contributed by atoms with Gasteiger partial charge in [-0.2, -0.15) is 0 Å². The molecule has 0 amide bonds. The zero-order valence-electron chi connectivity index (χ0n) is 15.7. The summed E-state index contributed by atoms with van der Waals surface area (Å²) >= 11 is 0. The average molecular weight is 408 g/mol. The first-order valence-corrected chi connectivity index (χ1v) is 9.56. The normalized spacial score (nSPS) is 61.0. The molecule has 10 nitrogen and oxygen atoms in total. The predicted molar refractivity (Wildman–Crippen MR) is 87.4 cm³/mol. The number of rotatable bonds is 1. The van der Waals surface area contributed by atoms with Crippen LogP contribution in [-0.2, 0) is 33.3 Å². The number of aliphatic hydroxyl groups is 3. The Labute approximate surface area is 164 Å². The molecule has 4 saturated heterocycles. The summed E-state index contributed by atoms with van der Waals surface area (Å²) in [7, 11) is 0. The molecule has 11 atom stereocenters. The summed E-state index contributed by atoms with van der Waals surface area (Å²) in [6.07, 6.45) is -7.34. The van der Waals surface area contributed by atoms with E-state index in [0.717, 1.165) is 0 Å². The number of hydrogen-bond donors (Lipinski definition) is 3. The fraction of sp³-hybridized carbons (Fsp3) is 0.737. The standard InChI is InChI=1S/C19H20O10/c1-5(2)8-9(21)11-17-10(22)12-18(25,6(3)13(23)27-12)19(17,14(24)28-11)29-15-16(8,17)4-7(20)26-15/h6,8-12,15,21-22,25H,1,4H2,2-3H3/t6-,8-,9-,10+,11?,12?,15?,16?,17?,18-,19?/m1/s1. The lowest BCUT2D eigenvalue weighted by atomic mass is 9.54. The van der Waals surface area contributed by atoms with E-state index in [1.165, 1.54) is 6.92 Å². The van der Waals surface area contributed by atoms with Gasteiger partial charge in [0.25, 0.3) is 0 Å². The van der Waals surface area contributed by atoms with Crippen LogP contribution < -0.4 is 0 Å². The highest BCUT2D eigenvalue weighted by Gasteiger charge is 3.03. The Balaban J connectivity index is 1.73. The zero-order valence-corrected chi connectivity index (χ0v) is 15.7. The minimum atomic E-state index is -2.26. The smallest absolute Gasteiger partial charge is 0.343 e. The first-order chi connectivity index (χ1) is 13.5. The number of ether oxygens (including phenoxy) is 4. The molecular weight excluding hydrogens is 388 g/mol. The summed E-state index contributed by atoms with van der Waals surface area (Å²) in [5.41, 5.74) is -7.19. The van der Waals surface area contributed by atoms with Gasteiger partial charge in [-0.1, -0.05) is 12.2 Å². The second-order valence-electron chi connectivity index (χ2n) is 9.20. The maximum atomic E-state index is 13.3. The first-order valence-electron chi connectivity index (χ1n) is 9.56. The third-order valence-corrected chi connectivity index (χ3v) is 8.45. The van der Waals surface area contributed by atoms with Gasteiger partial charge in [-0.3, -0.25) is 9.59 Å². The minimum Gasteiger partial charge on any atom is -0.456 e. The molecule has 0 aromatic heterocycles. The number of esters is 3. The summed E-state index contributed by atoms with van der Waals surface area (Å²) in [6.45, 7) is 6.96. The largest absolute Gasteiger partial charge is 0.456 e. The highest BCUT2D eigenvalue weighted by atomic mass is 16.7. The van der Waals surface area contributed by atoms with Crippen molar-refractivity contribution < 1.29 is 48.7 Å². The van der Waals surface area contributed by atoms with E-state index in [-0.39, 0.29) is 6.42 Å². The molecule has 0 bridgehead atoms. The van der Waals surface area contributed by atoms with Gasteiger partial charge in [0.15, 0.2) is 11.7 Å². The van der Waals surface area contributed by atoms with Crippen molar-refractivity contribution in [3.05, 3.63) is 12.2 Å². The summed E-state index contributed by atoms with van der Waals surface area (Å²) in [6, 6.07) is 0. The zero-order chi connectivity index (χ0) is 20.9. The van der Waals surface area contributed by atoms with Crippen LogP contribution in [0.1, 0.15) is 20.3 Å². The van der Waals surface area contributed by atoms with Crippen LogP contribution in [0.4, 0.5) is 0 Å². The number of aliphatic hydroxyl groups excluding tert-OH is 2. The van der Waals surface area contributed by atoms with E-state index >= 15 is 0 Å². The van der Waals surface area contributed by atoms with E-state index in [2.05, 4.69) is 6.58 Å². The Bertz CT molecular complexity index is 930. The van der Waals surface area contributed by atoms with Crippen molar-refractivity contribution in [3.63, 3.8) is 0 Å². The molecule has 2 saturated carbocycles. The van der Waals surface area contributed by atoms with Gasteiger partial charge in [0.1, 0.15) is 12.2 Å². The number of hydrogen-bond acceptors (Lipinski definition) is 10. The van der Waals surface area contributed by atoms with Crippen molar-refractivity contribution in [1.29, 1.82) is 0 Å². The Morgan fingerprint density at radius 3 is 2.48 bits per heavy atom. The molecule has 6 unspecified atom stereocenters. The Morgan fingerprint density at radius 1 is 1.14 bits per heavy atom. The first kappa shape index (κ1) is 17.8. The predicted octanol–water partition coefficient (Wildman–Crippen LogP) is -1.84. The van der Waals surface area contributed by atoms with E-state index in [4.69, 9.17) is 18.9 Å². The number of fused-ring (bicyclic) bond motifs is 1. The fourth-order valence-electron chi connectivity index (χ4n) is 7.72. The molecule has 4 heterocycles. The summed E-state index contributed by atoms with van der Waals surface area (Å²) < 4.78 is 22.2. The maximum absolute atomic E-state index is 13.3. The second kappa shape index (κ2) is 4.51. The highest BCUT2D eigenvalue weighted by Crippen LogP contribution is 2.83. The quantitative estimate of drug-likeness (QED) is 0.257. The molecule has 0 aromatic carbocycles. The fourth-order valence-corrected chi connectivity index (χ4v) is 7.72. The molecule has 10 heteroatoms. The lowest BCUT2D eigenvalue weighted by molar-refractivity contribution is -0.238. The van der Waals surface area contributed by atoms with Gasteiger partial charge in [-0.15, -0.1) is 0 Å². The van der Waals surface area contributed by atoms with E-state index in [9.17, 15) is 29.7 Å². The number of carbonyl (C=O) groups is 3. The van der Waals surface area contributed by atoms with Crippen molar-refractivity contribution in [1.82, 2.24) is 0 Å². The van der Waals surface area contributed by atoms with Gasteiger partial charge in [0, 0.05) is 5.92 Å². The van der Waals surface area contributed by atoms with Crippen LogP contribution in [-0.4, -0.2) is 75.1 Å². The van der Waals surface area contributed by atoms with Crippen LogP contribution >= 0.6 is 0 Å². The van der Waals surface area contributed by atoms with E-state index < -0.39 is 82.5 Å². The molecule has 2 aliphatic carbocycles. The third-order valence-electron chi connectivity index (χ3n) is 8.45. The lowest BCUT2D eigenvalue weighted by Gasteiger charge is -2.43. The van der Waals surface area contributed by atoms with Gasteiger partial charge >= 0.3 is 17.9 Å². The molecular formula is C19H20O10. The molecule has 4 aliphatic heterocycles. The molecule has 6 aliphatic rings. The van der Waals surface area contributed by atoms with Gasteiger partial charge in [-0.25, -0.2) is 4.79 Å². The van der Waals surface area contributed by atoms with Crippen molar-refractivity contribution >= 4 is 17.9 Å². The van der Waals surface area contributed by atoms with Gasteiger partial charge < -0.3 is 34.3 Å². The lowest BCUT2D eigenvalue weighted by Crippen LogP contribution is -2.65. The Kier molecular flexibility index (Phi) is 2.77. The molecule has 156 valence electrons. The molecule has 3 N–H and O–H groups in total. The second-order valence-corrected chi connectivity index (χ2v) is 9.20. The molecule has 29 heavy (non-hydrogen) atoms. The van der Waals surface area contributed by atoms with Crippen LogP contribution in [0.5, 0.6) is 0 Å². The Morgan fingerprint density at radius 2 is 1.83 bits per heavy atom. The third kappa shape index (κ3) is 1.26. The van der Waals surface area contributed by atoms with Crippen LogP contribution in [0.25, 0.3) is 0 Å². The van der Waals surface area contributed by atoms with Crippen LogP contribution in [0, 0.1) is 22.7 Å². The van der Waals surface area contributed by atoms with Gasteiger partial charge in [-0.05, 0) is 13.8 Å². The topological polar surface area (TPSA) is 149 Å². The van der Waals surface area contributed by atoms with E-state index in [0.29, 0.717) is 5.57 Å². The maximum Gasteiger partial charge on any atom is 0.343 e. The molecule has 6 fully saturated rings. The van der Waals surface area contributed by atoms with Crippen molar-refractivity contribution in [2.75, 3.05) is 0 Å². The number of carbonyl (C=O) groups excluding carboxylic acids is 3. The van der Waals surface area contributed by atoms with Gasteiger partial charge in [0.05, 0.1) is 29.3 Å². The van der Waals surface area contributed by atoms with Gasteiger partial charge in [0.2, 0.25) is 11.9 Å². The molecule has 0 radical (unpaired) electrons. The molecule has 2 spiro atoms. The highest BCUT2D eigenvalue weighted by molar-refractivity contribution is 5.93. The minimum absolute atomic E-state index is 0.274. The van der Waals surface area contributed by atoms with E-state index in [1.807, 2.05) is 0 Å². The van der Waals surface area contributed by atoms with Crippen molar-refractivity contribution in [2.45, 2.75) is 62.2 Å². The summed E-state index contributed by atoms with van der Waals surface area (Å²) in [4.78, 5) is 37.9. The van der Waals surface area contributed by atoms with Crippen molar-refractivity contribution in [2.24, 2.45) is 22.7 Å². The van der Waals surface area contributed by atoms with Crippen molar-refractivity contribution in [3.8, 4) is 0 Å². The van der Waals surface area contributed by atoms with Crippen LogP contribution in [0.2, 0.25) is 0 Å². The average Bonchev–Trinajstić information content (AvgIpc) is 3.33. The monoisotopic (exact) mass is 408 g/mol. The summed E-state index contributed by atoms with van der Waals surface area (Å²) in [5, 5.41) is 34.4. The molecule has 0 aromatic rings. The van der Waals surface area contributed by atoms with Crippen LogP contribution in [0.15, 0.2) is 12.2 Å². The molecule has 6 rings (SSSR count).